The Kier molecular flexibility index (Phi) is 5.66. The zero-order valence-electron chi connectivity index (χ0n) is 9.37. The molecule has 1 heterocycles. The highest BCUT2D eigenvalue weighted by atomic mass is 35.5. The van der Waals surface area contributed by atoms with Gasteiger partial charge in [-0.3, -0.25) is 4.98 Å². The predicted octanol–water partition coefficient (Wildman–Crippen LogP) is 3.69. The zero-order valence-corrected chi connectivity index (χ0v) is 10.1. The molecule has 3 heteroatoms. The lowest BCUT2D eigenvalue weighted by Crippen LogP contribution is -2.06. The van der Waals surface area contributed by atoms with Crippen LogP contribution in [0, 0.1) is 5.92 Å². The summed E-state index contributed by atoms with van der Waals surface area (Å²) in [5, 5.41) is 0.713. The first kappa shape index (κ1) is 12.5. The lowest BCUT2D eigenvalue weighted by atomic mass is 10.1. The first-order chi connectivity index (χ1) is 7.22. The molecule has 1 aromatic rings. The second-order valence-electron chi connectivity index (χ2n) is 3.87. The van der Waals surface area contributed by atoms with E-state index in [1.165, 1.54) is 12.8 Å². The van der Waals surface area contributed by atoms with Crippen molar-refractivity contribution < 1.29 is 4.74 Å². The summed E-state index contributed by atoms with van der Waals surface area (Å²) in [4.78, 5) is 4.17. The maximum Gasteiger partial charge on any atom is 0.0888 e. The van der Waals surface area contributed by atoms with Crippen LogP contribution in [0.25, 0.3) is 0 Å². The number of hydrogen-bond acceptors (Lipinski definition) is 2. The van der Waals surface area contributed by atoms with Crippen LogP contribution in [0.5, 0.6) is 0 Å². The van der Waals surface area contributed by atoms with Gasteiger partial charge in [0.25, 0.3) is 0 Å². The van der Waals surface area contributed by atoms with E-state index in [0.717, 1.165) is 12.3 Å². The van der Waals surface area contributed by atoms with Crippen LogP contribution >= 0.6 is 11.6 Å². The van der Waals surface area contributed by atoms with Crippen LogP contribution in [0.15, 0.2) is 18.3 Å². The molecule has 0 aliphatic carbocycles. The van der Waals surface area contributed by atoms with Gasteiger partial charge in [-0.15, -0.1) is 0 Å². The SMILES string of the molecule is CCCC(C)COCc1cc(Cl)ccn1. The molecule has 1 rings (SSSR count). The Hall–Kier alpha value is -0.600. The Morgan fingerprint density at radius 1 is 1.53 bits per heavy atom. The second-order valence-corrected chi connectivity index (χ2v) is 4.31. The summed E-state index contributed by atoms with van der Waals surface area (Å²) >= 11 is 5.84. The molecule has 0 aliphatic heterocycles. The Bertz CT molecular complexity index is 291. The summed E-state index contributed by atoms with van der Waals surface area (Å²) in [5.41, 5.74) is 0.895. The van der Waals surface area contributed by atoms with Crippen LogP contribution in [0.2, 0.25) is 5.02 Å². The van der Waals surface area contributed by atoms with Gasteiger partial charge in [-0.1, -0.05) is 31.9 Å². The Morgan fingerprint density at radius 2 is 2.33 bits per heavy atom. The number of aromatic nitrogens is 1. The van der Waals surface area contributed by atoms with Gasteiger partial charge in [0, 0.05) is 17.8 Å². The third-order valence-corrected chi connectivity index (χ3v) is 2.45. The smallest absolute Gasteiger partial charge is 0.0888 e. The highest BCUT2D eigenvalue weighted by molar-refractivity contribution is 6.30. The van der Waals surface area contributed by atoms with E-state index in [-0.39, 0.29) is 0 Å². The van der Waals surface area contributed by atoms with Crippen molar-refractivity contribution in [2.45, 2.75) is 33.3 Å². The van der Waals surface area contributed by atoms with Gasteiger partial charge in [-0.2, -0.15) is 0 Å². The van der Waals surface area contributed by atoms with Crippen molar-refractivity contribution in [1.29, 1.82) is 0 Å². The molecule has 1 unspecified atom stereocenters. The molecule has 0 saturated carbocycles. The molecule has 0 spiro atoms. The monoisotopic (exact) mass is 227 g/mol. The fourth-order valence-corrected chi connectivity index (χ4v) is 1.65. The molecule has 0 bridgehead atoms. The molecule has 0 saturated heterocycles. The van der Waals surface area contributed by atoms with Crippen LogP contribution in [-0.2, 0) is 11.3 Å². The van der Waals surface area contributed by atoms with Crippen molar-refractivity contribution in [3.63, 3.8) is 0 Å². The van der Waals surface area contributed by atoms with Gasteiger partial charge in [0.2, 0.25) is 0 Å². The highest BCUT2D eigenvalue weighted by Crippen LogP contribution is 2.10. The van der Waals surface area contributed by atoms with Crippen LogP contribution in [-0.4, -0.2) is 11.6 Å². The summed E-state index contributed by atoms with van der Waals surface area (Å²) in [7, 11) is 0. The third-order valence-electron chi connectivity index (χ3n) is 2.21. The van der Waals surface area contributed by atoms with Crippen LogP contribution in [0.3, 0.4) is 0 Å². The number of halogens is 1. The minimum Gasteiger partial charge on any atom is -0.375 e. The molecular weight excluding hydrogens is 210 g/mol. The Balaban J connectivity index is 2.25. The van der Waals surface area contributed by atoms with Crippen molar-refractivity contribution in [2.24, 2.45) is 5.92 Å². The third kappa shape index (κ3) is 5.14. The molecule has 0 radical (unpaired) electrons. The molecule has 0 N–H and O–H groups in total. The molecule has 0 aromatic carbocycles. The number of hydrogen-bond donors (Lipinski definition) is 0. The molecule has 0 fully saturated rings. The number of nitrogens with zero attached hydrogens (tertiary/aromatic N) is 1. The molecule has 0 aliphatic rings. The van der Waals surface area contributed by atoms with Crippen molar-refractivity contribution >= 4 is 11.6 Å². The van der Waals surface area contributed by atoms with Gasteiger partial charge in [-0.05, 0) is 24.5 Å². The number of rotatable bonds is 6. The lowest BCUT2D eigenvalue weighted by Gasteiger charge is -2.10. The molecule has 1 atom stereocenters. The minimum absolute atomic E-state index is 0.550. The summed E-state index contributed by atoms with van der Waals surface area (Å²) in [6, 6.07) is 3.61. The average Bonchev–Trinajstić information content (AvgIpc) is 2.18. The van der Waals surface area contributed by atoms with Gasteiger partial charge in [-0.25, -0.2) is 0 Å². The fourth-order valence-electron chi connectivity index (χ4n) is 1.47. The molecule has 1 aromatic heterocycles. The summed E-state index contributed by atoms with van der Waals surface area (Å²) in [6.07, 6.45) is 4.12. The number of ether oxygens (including phenoxy) is 1. The standard InChI is InChI=1S/C12H18ClNO/c1-3-4-10(2)8-15-9-12-7-11(13)5-6-14-12/h5-7,10H,3-4,8-9H2,1-2H3. The topological polar surface area (TPSA) is 22.1 Å². The number of pyridine rings is 1. The summed E-state index contributed by atoms with van der Waals surface area (Å²) in [6.45, 7) is 5.74. The Morgan fingerprint density at radius 3 is 3.00 bits per heavy atom. The second kappa shape index (κ2) is 6.81. The van der Waals surface area contributed by atoms with Crippen molar-refractivity contribution in [2.75, 3.05) is 6.61 Å². The zero-order chi connectivity index (χ0) is 11.1. The van der Waals surface area contributed by atoms with Crippen molar-refractivity contribution in [3.8, 4) is 0 Å². The molecule has 15 heavy (non-hydrogen) atoms. The predicted molar refractivity (Wildman–Crippen MR) is 63.0 cm³/mol. The fraction of sp³-hybridized carbons (Fsp3) is 0.583. The average molecular weight is 228 g/mol. The summed E-state index contributed by atoms with van der Waals surface area (Å²) in [5.74, 6) is 0.620. The normalized spacial score (nSPS) is 12.7. The largest absolute Gasteiger partial charge is 0.375 e. The quantitative estimate of drug-likeness (QED) is 0.740. The van der Waals surface area contributed by atoms with Gasteiger partial charge < -0.3 is 4.74 Å². The van der Waals surface area contributed by atoms with Crippen molar-refractivity contribution in [1.82, 2.24) is 4.98 Å². The van der Waals surface area contributed by atoms with E-state index in [0.29, 0.717) is 17.5 Å². The first-order valence-corrected chi connectivity index (χ1v) is 5.78. The van der Waals surface area contributed by atoms with E-state index in [4.69, 9.17) is 16.3 Å². The van der Waals surface area contributed by atoms with Crippen LogP contribution in [0.1, 0.15) is 32.4 Å². The van der Waals surface area contributed by atoms with Crippen LogP contribution in [0.4, 0.5) is 0 Å². The summed E-state index contributed by atoms with van der Waals surface area (Å²) < 4.78 is 5.57. The van der Waals surface area contributed by atoms with Gasteiger partial charge in [0.15, 0.2) is 0 Å². The van der Waals surface area contributed by atoms with Crippen LogP contribution < -0.4 is 0 Å². The molecular formula is C12H18ClNO. The van der Waals surface area contributed by atoms with E-state index in [9.17, 15) is 0 Å². The Labute approximate surface area is 96.6 Å². The van der Waals surface area contributed by atoms with Gasteiger partial charge in [0.05, 0.1) is 12.3 Å². The van der Waals surface area contributed by atoms with E-state index >= 15 is 0 Å². The van der Waals surface area contributed by atoms with Gasteiger partial charge >= 0.3 is 0 Å². The first-order valence-electron chi connectivity index (χ1n) is 5.40. The van der Waals surface area contributed by atoms with Crippen molar-refractivity contribution in [3.05, 3.63) is 29.0 Å². The van der Waals surface area contributed by atoms with E-state index in [1.807, 2.05) is 6.07 Å². The van der Waals surface area contributed by atoms with Gasteiger partial charge in [0.1, 0.15) is 0 Å². The minimum atomic E-state index is 0.550. The molecule has 2 nitrogen and oxygen atoms in total. The van der Waals surface area contributed by atoms with E-state index in [2.05, 4.69) is 18.8 Å². The van der Waals surface area contributed by atoms with E-state index in [1.54, 1.807) is 12.3 Å². The molecule has 84 valence electrons. The lowest BCUT2D eigenvalue weighted by molar-refractivity contribution is 0.0872. The highest BCUT2D eigenvalue weighted by Gasteiger charge is 2.01. The molecule has 0 amide bonds. The maximum absolute atomic E-state index is 5.84. The maximum atomic E-state index is 5.84. The van der Waals surface area contributed by atoms with E-state index < -0.39 is 0 Å².